The molecule has 0 spiro atoms. The van der Waals surface area contributed by atoms with Crippen molar-refractivity contribution in [1.29, 1.82) is 0 Å². The van der Waals surface area contributed by atoms with Crippen molar-refractivity contribution in [3.63, 3.8) is 0 Å². The fourth-order valence-corrected chi connectivity index (χ4v) is 2.35. The van der Waals surface area contributed by atoms with Crippen LogP contribution in [0.15, 0.2) is 54.6 Å². The normalized spacial score (nSPS) is 10.5. The van der Waals surface area contributed by atoms with Crippen LogP contribution in [0.1, 0.15) is 16.1 Å². The molecule has 8 heteroatoms. The summed E-state index contributed by atoms with van der Waals surface area (Å²) in [7, 11) is 0. The number of benzene rings is 2. The van der Waals surface area contributed by atoms with Crippen LogP contribution in [0, 0.1) is 17.5 Å². The number of aromatic nitrogens is 2. The Bertz CT molecular complexity index is 948. The fourth-order valence-electron chi connectivity index (χ4n) is 2.35. The molecule has 0 atom stereocenters. The van der Waals surface area contributed by atoms with Crippen molar-refractivity contribution < 1.29 is 18.0 Å². The second kappa shape index (κ2) is 8.31. The zero-order chi connectivity index (χ0) is 19.2. The van der Waals surface area contributed by atoms with Crippen LogP contribution in [-0.2, 0) is 6.42 Å². The van der Waals surface area contributed by atoms with E-state index in [-0.39, 0.29) is 17.2 Å². The van der Waals surface area contributed by atoms with E-state index in [2.05, 4.69) is 20.8 Å². The van der Waals surface area contributed by atoms with Gasteiger partial charge in [-0.05, 0) is 42.3 Å². The van der Waals surface area contributed by atoms with Gasteiger partial charge in [-0.3, -0.25) is 4.79 Å². The van der Waals surface area contributed by atoms with Gasteiger partial charge in [0.05, 0.1) is 5.69 Å². The average Bonchev–Trinajstić information content (AvgIpc) is 2.66. The predicted octanol–water partition coefficient (Wildman–Crippen LogP) is 3.80. The third-order valence-electron chi connectivity index (χ3n) is 3.73. The highest BCUT2D eigenvalue weighted by atomic mass is 19.1. The molecule has 0 aliphatic rings. The topological polar surface area (TPSA) is 66.9 Å². The van der Waals surface area contributed by atoms with Crippen LogP contribution in [0.4, 0.5) is 24.7 Å². The number of amides is 1. The number of hydrogen-bond acceptors (Lipinski definition) is 4. The Labute approximate surface area is 153 Å². The van der Waals surface area contributed by atoms with E-state index in [1.165, 1.54) is 18.2 Å². The first kappa shape index (κ1) is 18.4. The maximum atomic E-state index is 13.6. The molecule has 3 aromatic rings. The van der Waals surface area contributed by atoms with E-state index in [9.17, 15) is 18.0 Å². The van der Waals surface area contributed by atoms with E-state index in [1.54, 1.807) is 18.2 Å². The lowest BCUT2D eigenvalue weighted by atomic mass is 10.1. The summed E-state index contributed by atoms with van der Waals surface area (Å²) >= 11 is 0. The van der Waals surface area contributed by atoms with Crippen molar-refractivity contribution in [2.45, 2.75) is 6.42 Å². The molecule has 0 bridgehead atoms. The summed E-state index contributed by atoms with van der Waals surface area (Å²) in [6.07, 6.45) is 0.459. The smallest absolute Gasteiger partial charge is 0.276 e. The molecule has 1 aromatic heterocycles. The van der Waals surface area contributed by atoms with Gasteiger partial charge in [-0.2, -0.15) is 0 Å². The van der Waals surface area contributed by atoms with Gasteiger partial charge < -0.3 is 10.6 Å². The number of nitrogens with one attached hydrogen (secondary N) is 2. The van der Waals surface area contributed by atoms with Crippen molar-refractivity contribution in [2.75, 3.05) is 17.2 Å². The van der Waals surface area contributed by atoms with Crippen molar-refractivity contribution in [3.05, 3.63) is 83.3 Å². The highest BCUT2D eigenvalue weighted by molar-refractivity contribution is 6.02. The first-order chi connectivity index (χ1) is 13.0. The number of carbonyl (C=O) groups is 1. The minimum Gasteiger partial charge on any atom is -0.368 e. The van der Waals surface area contributed by atoms with Gasteiger partial charge >= 0.3 is 0 Å². The summed E-state index contributed by atoms with van der Waals surface area (Å²) in [5, 5.41) is 12.9. The van der Waals surface area contributed by atoms with Crippen LogP contribution in [0.25, 0.3) is 0 Å². The van der Waals surface area contributed by atoms with Crippen LogP contribution in [0.3, 0.4) is 0 Å². The molecule has 0 aliphatic heterocycles. The Kier molecular flexibility index (Phi) is 5.65. The van der Waals surface area contributed by atoms with Crippen LogP contribution in [-0.4, -0.2) is 22.6 Å². The Morgan fingerprint density at radius 1 is 0.926 bits per heavy atom. The molecule has 0 radical (unpaired) electrons. The molecular formula is C19H15F3N4O. The number of hydrogen-bond donors (Lipinski definition) is 2. The molecule has 2 aromatic carbocycles. The lowest BCUT2D eigenvalue weighted by molar-refractivity contribution is 0.102. The SMILES string of the molecule is O=C(Nc1ccc(F)cc1F)c1ccc(NCCc2ccccc2F)nn1. The maximum Gasteiger partial charge on any atom is 0.276 e. The molecular weight excluding hydrogens is 357 g/mol. The quantitative estimate of drug-likeness (QED) is 0.691. The van der Waals surface area contributed by atoms with Crippen LogP contribution >= 0.6 is 0 Å². The van der Waals surface area contributed by atoms with Gasteiger partial charge in [-0.25, -0.2) is 13.2 Å². The van der Waals surface area contributed by atoms with Gasteiger partial charge in [0.1, 0.15) is 23.3 Å². The van der Waals surface area contributed by atoms with Crippen LogP contribution in [0.2, 0.25) is 0 Å². The van der Waals surface area contributed by atoms with Crippen molar-refractivity contribution in [3.8, 4) is 0 Å². The fraction of sp³-hybridized carbons (Fsp3) is 0.105. The molecule has 0 unspecified atom stereocenters. The zero-order valence-electron chi connectivity index (χ0n) is 14.0. The number of halogens is 3. The molecule has 2 N–H and O–H groups in total. The average molecular weight is 372 g/mol. The van der Waals surface area contributed by atoms with Gasteiger partial charge in [0, 0.05) is 12.6 Å². The van der Waals surface area contributed by atoms with E-state index in [1.807, 2.05) is 0 Å². The Morgan fingerprint density at radius 2 is 1.74 bits per heavy atom. The van der Waals surface area contributed by atoms with E-state index in [4.69, 9.17) is 0 Å². The summed E-state index contributed by atoms with van der Waals surface area (Å²) < 4.78 is 40.0. The summed E-state index contributed by atoms with van der Waals surface area (Å²) in [4.78, 5) is 12.1. The van der Waals surface area contributed by atoms with E-state index in [0.29, 0.717) is 30.4 Å². The first-order valence-electron chi connectivity index (χ1n) is 8.10. The summed E-state index contributed by atoms with van der Waals surface area (Å²) in [5.41, 5.74) is 0.393. The molecule has 0 saturated heterocycles. The summed E-state index contributed by atoms with van der Waals surface area (Å²) in [6, 6.07) is 12.2. The largest absolute Gasteiger partial charge is 0.368 e. The standard InChI is InChI=1S/C19H15F3N4O/c20-13-5-6-16(15(22)11-13)24-19(27)17-7-8-18(26-25-17)23-10-9-12-3-1-2-4-14(12)21/h1-8,11H,9-10H2,(H,23,26)(H,24,27). The van der Waals surface area contributed by atoms with Crippen molar-refractivity contribution >= 4 is 17.4 Å². The minimum atomic E-state index is -0.886. The monoisotopic (exact) mass is 372 g/mol. The van der Waals surface area contributed by atoms with Gasteiger partial charge in [-0.1, -0.05) is 18.2 Å². The summed E-state index contributed by atoms with van der Waals surface area (Å²) in [5.74, 6) is -2.16. The third-order valence-corrected chi connectivity index (χ3v) is 3.73. The maximum absolute atomic E-state index is 13.6. The Balaban J connectivity index is 1.56. The second-order valence-electron chi connectivity index (χ2n) is 5.65. The van der Waals surface area contributed by atoms with Gasteiger partial charge in [0.25, 0.3) is 5.91 Å². The lowest BCUT2D eigenvalue weighted by Crippen LogP contribution is -2.16. The van der Waals surface area contributed by atoms with Gasteiger partial charge in [0.2, 0.25) is 0 Å². The van der Waals surface area contributed by atoms with Crippen molar-refractivity contribution in [1.82, 2.24) is 10.2 Å². The molecule has 27 heavy (non-hydrogen) atoms. The zero-order valence-corrected chi connectivity index (χ0v) is 14.0. The number of nitrogens with zero attached hydrogens (tertiary/aromatic N) is 2. The molecule has 1 amide bonds. The summed E-state index contributed by atoms with van der Waals surface area (Å²) in [6.45, 7) is 0.432. The van der Waals surface area contributed by atoms with Crippen LogP contribution < -0.4 is 10.6 Å². The predicted molar refractivity (Wildman–Crippen MR) is 94.9 cm³/mol. The molecule has 0 aliphatic carbocycles. The highest BCUT2D eigenvalue weighted by Crippen LogP contribution is 2.16. The third kappa shape index (κ3) is 4.81. The number of rotatable bonds is 6. The van der Waals surface area contributed by atoms with E-state index < -0.39 is 17.5 Å². The minimum absolute atomic E-state index is 0.0293. The second-order valence-corrected chi connectivity index (χ2v) is 5.65. The Hall–Kier alpha value is -3.42. The number of anilines is 2. The molecule has 0 saturated carbocycles. The van der Waals surface area contributed by atoms with Crippen LogP contribution in [0.5, 0.6) is 0 Å². The van der Waals surface area contributed by atoms with Crippen molar-refractivity contribution in [2.24, 2.45) is 0 Å². The lowest BCUT2D eigenvalue weighted by Gasteiger charge is -2.08. The number of carbonyl (C=O) groups excluding carboxylic acids is 1. The van der Waals surface area contributed by atoms with E-state index >= 15 is 0 Å². The van der Waals surface area contributed by atoms with Gasteiger partial charge in [0.15, 0.2) is 5.69 Å². The molecule has 5 nitrogen and oxygen atoms in total. The van der Waals surface area contributed by atoms with Gasteiger partial charge in [-0.15, -0.1) is 10.2 Å². The van der Waals surface area contributed by atoms with E-state index in [0.717, 1.165) is 12.1 Å². The first-order valence-corrected chi connectivity index (χ1v) is 8.10. The molecule has 138 valence electrons. The molecule has 3 rings (SSSR count). The highest BCUT2D eigenvalue weighted by Gasteiger charge is 2.12. The molecule has 0 fully saturated rings. The molecule has 1 heterocycles. The Morgan fingerprint density at radius 3 is 2.44 bits per heavy atom.